The molecule has 0 radical (unpaired) electrons. The number of carboxylic acids is 1. The summed E-state index contributed by atoms with van der Waals surface area (Å²) in [5.41, 5.74) is 0.472. The molecule has 19 heavy (non-hydrogen) atoms. The van der Waals surface area contributed by atoms with E-state index in [0.29, 0.717) is 28.8 Å². The zero-order valence-electron chi connectivity index (χ0n) is 9.68. The highest BCUT2D eigenvalue weighted by Crippen LogP contribution is 2.39. The Bertz CT molecular complexity index is 492. The molecular weight excluding hydrogens is 276 g/mol. The Kier molecular flexibility index (Phi) is 4.04. The van der Waals surface area contributed by atoms with Crippen LogP contribution in [0.5, 0.6) is 0 Å². The zero-order valence-corrected chi connectivity index (χ0v) is 10.5. The predicted molar refractivity (Wildman–Crippen MR) is 66.2 cm³/mol. The van der Waals surface area contributed by atoms with Crippen LogP contribution >= 0.6 is 11.8 Å². The number of halogens is 2. The Labute approximate surface area is 112 Å². The number of nitrogens with one attached hydrogen (secondary N) is 1. The van der Waals surface area contributed by atoms with Crippen molar-refractivity contribution in [2.24, 2.45) is 11.8 Å². The molecular formula is C12H11F2NO3S. The normalized spacial score (nSPS) is 21.2. The summed E-state index contributed by atoms with van der Waals surface area (Å²) in [6, 6.07) is 5.99. The highest BCUT2D eigenvalue weighted by Gasteiger charge is 2.48. The van der Waals surface area contributed by atoms with Gasteiger partial charge in [-0.15, -0.1) is 0 Å². The molecule has 0 aromatic heterocycles. The van der Waals surface area contributed by atoms with E-state index in [1.807, 2.05) is 0 Å². The maximum Gasteiger partial charge on any atom is 0.307 e. The molecule has 0 spiro atoms. The highest BCUT2D eigenvalue weighted by molar-refractivity contribution is 7.99. The van der Waals surface area contributed by atoms with Gasteiger partial charge in [-0.05, 0) is 30.7 Å². The third kappa shape index (κ3) is 3.66. The first-order valence-corrected chi connectivity index (χ1v) is 6.44. The summed E-state index contributed by atoms with van der Waals surface area (Å²) in [6.07, 6.45) is 0.348. The molecule has 1 saturated carbocycles. The van der Waals surface area contributed by atoms with E-state index in [9.17, 15) is 18.4 Å². The second kappa shape index (κ2) is 5.56. The lowest BCUT2D eigenvalue weighted by Gasteiger charge is -2.05. The molecule has 0 heterocycles. The van der Waals surface area contributed by atoms with Crippen molar-refractivity contribution in [1.82, 2.24) is 0 Å². The fourth-order valence-corrected chi connectivity index (χ4v) is 2.21. The molecule has 0 aliphatic heterocycles. The number of rotatable bonds is 5. The van der Waals surface area contributed by atoms with E-state index in [4.69, 9.17) is 5.11 Å². The fourth-order valence-electron chi connectivity index (χ4n) is 1.71. The van der Waals surface area contributed by atoms with Crippen molar-refractivity contribution in [1.29, 1.82) is 0 Å². The van der Waals surface area contributed by atoms with Crippen LogP contribution < -0.4 is 5.32 Å². The molecule has 102 valence electrons. The molecule has 7 heteroatoms. The SMILES string of the molecule is O=C(O)C1CC1C(=O)Nc1ccc(SC(F)F)cc1. The van der Waals surface area contributed by atoms with Crippen LogP contribution in [0, 0.1) is 11.8 Å². The number of anilines is 1. The Morgan fingerprint density at radius 3 is 2.37 bits per heavy atom. The Morgan fingerprint density at radius 2 is 1.89 bits per heavy atom. The third-order valence-corrected chi connectivity index (χ3v) is 3.51. The van der Waals surface area contributed by atoms with Crippen molar-refractivity contribution in [2.45, 2.75) is 17.1 Å². The van der Waals surface area contributed by atoms with Gasteiger partial charge in [0.25, 0.3) is 5.76 Å². The van der Waals surface area contributed by atoms with E-state index in [1.165, 1.54) is 24.3 Å². The van der Waals surface area contributed by atoms with Crippen molar-refractivity contribution < 1.29 is 23.5 Å². The van der Waals surface area contributed by atoms with Crippen LogP contribution in [-0.2, 0) is 9.59 Å². The number of amides is 1. The van der Waals surface area contributed by atoms with E-state index in [0.717, 1.165) is 0 Å². The molecule has 1 amide bonds. The van der Waals surface area contributed by atoms with Gasteiger partial charge in [-0.25, -0.2) is 0 Å². The Morgan fingerprint density at radius 1 is 1.26 bits per heavy atom. The van der Waals surface area contributed by atoms with Gasteiger partial charge in [0.1, 0.15) is 0 Å². The van der Waals surface area contributed by atoms with Crippen LogP contribution in [0.25, 0.3) is 0 Å². The second-order valence-electron chi connectivity index (χ2n) is 4.18. The molecule has 4 nitrogen and oxygen atoms in total. The number of carbonyl (C=O) groups excluding carboxylic acids is 1. The number of aliphatic carboxylic acids is 1. The number of alkyl halides is 2. The van der Waals surface area contributed by atoms with Crippen LogP contribution in [0.1, 0.15) is 6.42 Å². The number of carbonyl (C=O) groups is 2. The van der Waals surface area contributed by atoms with E-state index in [-0.39, 0.29) is 5.91 Å². The average Bonchev–Trinajstić information content (AvgIpc) is 3.11. The molecule has 1 aromatic carbocycles. The highest BCUT2D eigenvalue weighted by atomic mass is 32.2. The van der Waals surface area contributed by atoms with E-state index in [1.54, 1.807) is 0 Å². The summed E-state index contributed by atoms with van der Waals surface area (Å²) in [6.45, 7) is 0. The van der Waals surface area contributed by atoms with Crippen LogP contribution in [0.2, 0.25) is 0 Å². The lowest BCUT2D eigenvalue weighted by Crippen LogP contribution is -2.16. The van der Waals surface area contributed by atoms with E-state index in [2.05, 4.69) is 5.32 Å². The van der Waals surface area contributed by atoms with Gasteiger partial charge in [-0.3, -0.25) is 9.59 Å². The zero-order chi connectivity index (χ0) is 14.0. The number of benzene rings is 1. The van der Waals surface area contributed by atoms with Crippen LogP contribution in [0.15, 0.2) is 29.2 Å². The van der Waals surface area contributed by atoms with Crippen LogP contribution in [0.4, 0.5) is 14.5 Å². The topological polar surface area (TPSA) is 66.4 Å². The maximum absolute atomic E-state index is 12.1. The number of thioether (sulfide) groups is 1. The van der Waals surface area contributed by atoms with Crippen molar-refractivity contribution in [3.8, 4) is 0 Å². The average molecular weight is 287 g/mol. The van der Waals surface area contributed by atoms with Gasteiger partial charge in [0, 0.05) is 10.6 Å². The van der Waals surface area contributed by atoms with Crippen molar-refractivity contribution in [3.05, 3.63) is 24.3 Å². The largest absolute Gasteiger partial charge is 0.481 e. The van der Waals surface area contributed by atoms with Crippen molar-refractivity contribution in [3.63, 3.8) is 0 Å². The minimum Gasteiger partial charge on any atom is -0.481 e. The lowest BCUT2D eigenvalue weighted by molar-refractivity contribution is -0.139. The summed E-state index contributed by atoms with van der Waals surface area (Å²) >= 11 is 0.425. The second-order valence-corrected chi connectivity index (χ2v) is 5.24. The summed E-state index contributed by atoms with van der Waals surface area (Å²) in [5, 5.41) is 11.3. The maximum atomic E-state index is 12.1. The molecule has 2 N–H and O–H groups in total. The van der Waals surface area contributed by atoms with Crippen LogP contribution in [0.3, 0.4) is 0 Å². The Balaban J connectivity index is 1.90. The molecule has 1 fully saturated rings. The summed E-state index contributed by atoms with van der Waals surface area (Å²) < 4.78 is 24.2. The van der Waals surface area contributed by atoms with Gasteiger partial charge in [0.2, 0.25) is 5.91 Å². The minimum atomic E-state index is -2.48. The summed E-state index contributed by atoms with van der Waals surface area (Å²) in [5.74, 6) is -4.89. The van der Waals surface area contributed by atoms with E-state index < -0.39 is 23.6 Å². The van der Waals surface area contributed by atoms with Gasteiger partial charge < -0.3 is 10.4 Å². The quantitative estimate of drug-likeness (QED) is 0.817. The molecule has 1 aliphatic carbocycles. The first-order chi connectivity index (χ1) is 8.97. The lowest BCUT2D eigenvalue weighted by atomic mass is 10.2. The molecule has 2 rings (SSSR count). The van der Waals surface area contributed by atoms with E-state index >= 15 is 0 Å². The van der Waals surface area contributed by atoms with Crippen molar-refractivity contribution in [2.75, 3.05) is 5.32 Å². The number of carboxylic acid groups (broad SMARTS) is 1. The number of hydrogen-bond donors (Lipinski definition) is 2. The first-order valence-electron chi connectivity index (χ1n) is 5.56. The third-order valence-electron chi connectivity index (χ3n) is 2.79. The minimum absolute atomic E-state index is 0.346. The van der Waals surface area contributed by atoms with Crippen molar-refractivity contribution >= 4 is 29.3 Å². The molecule has 1 aromatic rings. The molecule has 2 atom stereocenters. The van der Waals surface area contributed by atoms with Crippen LogP contribution in [-0.4, -0.2) is 22.7 Å². The van der Waals surface area contributed by atoms with Gasteiger partial charge in [-0.1, -0.05) is 11.8 Å². The standard InChI is InChI=1S/C12H11F2NO3S/c13-12(14)19-7-3-1-6(2-4-7)15-10(16)8-5-9(8)11(17)18/h1-4,8-9,12H,5H2,(H,15,16)(H,17,18). The van der Waals surface area contributed by atoms with Gasteiger partial charge in [-0.2, -0.15) is 8.78 Å². The fraction of sp³-hybridized carbons (Fsp3) is 0.333. The monoisotopic (exact) mass is 287 g/mol. The molecule has 0 saturated heterocycles. The first kappa shape index (κ1) is 13.8. The molecule has 1 aliphatic rings. The Hall–Kier alpha value is -1.63. The van der Waals surface area contributed by atoms with Gasteiger partial charge in [0.05, 0.1) is 11.8 Å². The molecule has 2 unspecified atom stereocenters. The van der Waals surface area contributed by atoms with Gasteiger partial charge >= 0.3 is 5.97 Å². The summed E-state index contributed by atoms with van der Waals surface area (Å²) in [7, 11) is 0. The summed E-state index contributed by atoms with van der Waals surface area (Å²) in [4.78, 5) is 22.7. The number of hydrogen-bond acceptors (Lipinski definition) is 3. The smallest absolute Gasteiger partial charge is 0.307 e. The molecule has 0 bridgehead atoms. The predicted octanol–water partition coefficient (Wildman–Crippen LogP) is 2.66. The van der Waals surface area contributed by atoms with Gasteiger partial charge in [0.15, 0.2) is 0 Å².